The molecule has 0 aliphatic rings. The molecule has 100 valence electrons. The van der Waals surface area contributed by atoms with Crippen molar-refractivity contribution in [3.63, 3.8) is 0 Å². The summed E-state index contributed by atoms with van der Waals surface area (Å²) in [5, 5.41) is 3.92. The molecular weight excluding hydrogens is 328 g/mol. The van der Waals surface area contributed by atoms with Crippen LogP contribution in [0.4, 0.5) is 5.69 Å². The Labute approximate surface area is 126 Å². The van der Waals surface area contributed by atoms with E-state index in [4.69, 9.17) is 16.3 Å². The molecule has 0 spiro atoms. The minimum absolute atomic E-state index is 0.416. The molecule has 19 heavy (non-hydrogen) atoms. The molecule has 1 aromatic heterocycles. The van der Waals surface area contributed by atoms with E-state index in [1.54, 1.807) is 18.3 Å². The van der Waals surface area contributed by atoms with Crippen molar-refractivity contribution in [2.75, 3.05) is 11.9 Å². The van der Waals surface area contributed by atoms with Crippen molar-refractivity contribution in [1.29, 1.82) is 0 Å². The Morgan fingerprint density at radius 2 is 2.16 bits per heavy atom. The largest absolute Gasteiger partial charge is 0.486 e. The monoisotopic (exact) mass is 340 g/mol. The van der Waals surface area contributed by atoms with Crippen LogP contribution < -0.4 is 10.1 Å². The van der Waals surface area contributed by atoms with Gasteiger partial charge in [-0.15, -0.1) is 0 Å². The number of pyridine rings is 1. The molecule has 0 atom stereocenters. The molecule has 0 amide bonds. The van der Waals surface area contributed by atoms with Crippen LogP contribution >= 0.6 is 27.5 Å². The van der Waals surface area contributed by atoms with Crippen LogP contribution in [0.2, 0.25) is 5.02 Å². The lowest BCUT2D eigenvalue weighted by atomic mass is 10.3. The average Bonchev–Trinajstić information content (AvgIpc) is 2.38. The number of rotatable bonds is 5. The fraction of sp³-hybridized carbons (Fsp3) is 0.214. The predicted molar refractivity (Wildman–Crippen MR) is 81.9 cm³/mol. The number of halogens is 2. The summed E-state index contributed by atoms with van der Waals surface area (Å²) in [5.41, 5.74) is 1.92. The van der Waals surface area contributed by atoms with Gasteiger partial charge in [0, 0.05) is 23.5 Å². The van der Waals surface area contributed by atoms with Crippen molar-refractivity contribution in [3.05, 3.63) is 51.7 Å². The number of nitrogens with one attached hydrogen (secondary N) is 1. The van der Waals surface area contributed by atoms with Crippen LogP contribution in [-0.2, 0) is 6.61 Å². The number of anilines is 1. The minimum Gasteiger partial charge on any atom is -0.486 e. The first-order chi connectivity index (χ1) is 9.19. The zero-order valence-electron chi connectivity index (χ0n) is 10.5. The lowest BCUT2D eigenvalue weighted by molar-refractivity contribution is 0.299. The van der Waals surface area contributed by atoms with E-state index in [9.17, 15) is 0 Å². The van der Waals surface area contributed by atoms with E-state index in [-0.39, 0.29) is 0 Å². The summed E-state index contributed by atoms with van der Waals surface area (Å²) in [6, 6.07) is 9.35. The van der Waals surface area contributed by atoms with E-state index in [0.717, 1.165) is 28.1 Å². The van der Waals surface area contributed by atoms with E-state index >= 15 is 0 Å². The Morgan fingerprint density at radius 3 is 2.89 bits per heavy atom. The molecule has 0 unspecified atom stereocenters. The van der Waals surface area contributed by atoms with Crippen molar-refractivity contribution in [2.24, 2.45) is 0 Å². The molecule has 5 heteroatoms. The molecule has 0 aliphatic heterocycles. The Hall–Kier alpha value is -1.26. The molecule has 1 aromatic carbocycles. The van der Waals surface area contributed by atoms with Crippen LogP contribution in [0, 0.1) is 0 Å². The van der Waals surface area contributed by atoms with Gasteiger partial charge in [0.05, 0.1) is 10.2 Å². The highest BCUT2D eigenvalue weighted by Crippen LogP contribution is 2.28. The molecular formula is C14H14BrClN2O. The number of ether oxygens (including phenoxy) is 1. The maximum Gasteiger partial charge on any atom is 0.134 e. The summed E-state index contributed by atoms with van der Waals surface area (Å²) in [7, 11) is 0. The van der Waals surface area contributed by atoms with E-state index < -0.39 is 0 Å². The van der Waals surface area contributed by atoms with Gasteiger partial charge in [-0.2, -0.15) is 0 Å². The molecule has 0 bridgehead atoms. The van der Waals surface area contributed by atoms with Gasteiger partial charge in [-0.25, -0.2) is 0 Å². The molecule has 0 saturated heterocycles. The Bertz CT molecular complexity index is 563. The van der Waals surface area contributed by atoms with Crippen LogP contribution in [0.3, 0.4) is 0 Å². The normalized spacial score (nSPS) is 10.3. The van der Waals surface area contributed by atoms with Gasteiger partial charge in [0.1, 0.15) is 12.4 Å². The van der Waals surface area contributed by atoms with Gasteiger partial charge in [-0.05, 0) is 53.2 Å². The van der Waals surface area contributed by atoms with Crippen molar-refractivity contribution in [2.45, 2.75) is 13.5 Å². The van der Waals surface area contributed by atoms with Gasteiger partial charge in [-0.1, -0.05) is 11.6 Å². The molecule has 2 aromatic rings. The summed E-state index contributed by atoms with van der Waals surface area (Å²) < 4.78 is 6.55. The average molecular weight is 342 g/mol. The summed E-state index contributed by atoms with van der Waals surface area (Å²) >= 11 is 9.30. The molecule has 0 radical (unpaired) electrons. The van der Waals surface area contributed by atoms with Crippen LogP contribution in [0.15, 0.2) is 41.0 Å². The Morgan fingerprint density at radius 1 is 1.32 bits per heavy atom. The van der Waals surface area contributed by atoms with E-state index in [1.165, 1.54) is 0 Å². The standard InChI is InChI=1S/C14H14BrClN2O/c1-2-17-11-5-6-18-12(8-11)9-19-14-4-3-10(16)7-13(14)15/h3-8H,2,9H2,1H3,(H,17,18). The third kappa shape index (κ3) is 4.11. The smallest absolute Gasteiger partial charge is 0.134 e. The van der Waals surface area contributed by atoms with Crippen LogP contribution in [0.1, 0.15) is 12.6 Å². The maximum absolute atomic E-state index is 5.88. The number of hydrogen-bond acceptors (Lipinski definition) is 3. The maximum atomic E-state index is 5.88. The van der Waals surface area contributed by atoms with E-state index in [0.29, 0.717) is 11.6 Å². The minimum atomic E-state index is 0.416. The summed E-state index contributed by atoms with van der Waals surface area (Å²) in [6.07, 6.45) is 1.77. The van der Waals surface area contributed by atoms with Gasteiger partial charge in [0.2, 0.25) is 0 Å². The van der Waals surface area contributed by atoms with Crippen molar-refractivity contribution in [3.8, 4) is 5.75 Å². The Kier molecular flexibility index (Phi) is 5.05. The van der Waals surface area contributed by atoms with Crippen LogP contribution in [-0.4, -0.2) is 11.5 Å². The van der Waals surface area contributed by atoms with Gasteiger partial charge in [-0.3, -0.25) is 4.98 Å². The molecule has 0 fully saturated rings. The molecule has 3 nitrogen and oxygen atoms in total. The van der Waals surface area contributed by atoms with Gasteiger partial charge < -0.3 is 10.1 Å². The first-order valence-electron chi connectivity index (χ1n) is 5.95. The number of nitrogens with zero attached hydrogens (tertiary/aromatic N) is 1. The summed E-state index contributed by atoms with van der Waals surface area (Å²) in [4.78, 5) is 4.28. The zero-order valence-corrected chi connectivity index (χ0v) is 12.8. The first-order valence-corrected chi connectivity index (χ1v) is 7.13. The molecule has 1 heterocycles. The molecule has 2 rings (SSSR count). The van der Waals surface area contributed by atoms with Crippen LogP contribution in [0.5, 0.6) is 5.75 Å². The topological polar surface area (TPSA) is 34.2 Å². The number of aromatic nitrogens is 1. The third-order valence-corrected chi connectivity index (χ3v) is 3.32. The van der Waals surface area contributed by atoms with Crippen LogP contribution in [0.25, 0.3) is 0 Å². The van der Waals surface area contributed by atoms with Crippen molar-refractivity contribution < 1.29 is 4.74 Å². The quantitative estimate of drug-likeness (QED) is 0.869. The highest BCUT2D eigenvalue weighted by Gasteiger charge is 2.03. The van der Waals surface area contributed by atoms with Crippen molar-refractivity contribution >= 4 is 33.2 Å². The third-order valence-electron chi connectivity index (χ3n) is 2.47. The fourth-order valence-electron chi connectivity index (χ4n) is 1.62. The van der Waals surface area contributed by atoms with Gasteiger partial charge in [0.25, 0.3) is 0 Å². The lowest BCUT2D eigenvalue weighted by Crippen LogP contribution is -2.01. The second-order valence-corrected chi connectivity index (χ2v) is 5.22. The second-order valence-electron chi connectivity index (χ2n) is 3.93. The highest BCUT2D eigenvalue weighted by molar-refractivity contribution is 9.10. The lowest BCUT2D eigenvalue weighted by Gasteiger charge is -2.09. The summed E-state index contributed by atoms with van der Waals surface area (Å²) in [6.45, 7) is 3.36. The fourth-order valence-corrected chi connectivity index (χ4v) is 2.41. The highest BCUT2D eigenvalue weighted by atomic mass is 79.9. The van der Waals surface area contributed by atoms with Crippen molar-refractivity contribution in [1.82, 2.24) is 4.98 Å². The second kappa shape index (κ2) is 6.78. The molecule has 1 N–H and O–H groups in total. The molecule has 0 saturated carbocycles. The zero-order chi connectivity index (χ0) is 13.7. The summed E-state index contributed by atoms with van der Waals surface area (Å²) in [5.74, 6) is 0.750. The SMILES string of the molecule is CCNc1ccnc(COc2ccc(Cl)cc2Br)c1. The van der Waals surface area contributed by atoms with E-state index in [1.807, 2.05) is 18.2 Å². The first kappa shape index (κ1) is 14.2. The van der Waals surface area contributed by atoms with Gasteiger partial charge in [0.15, 0.2) is 0 Å². The van der Waals surface area contributed by atoms with E-state index in [2.05, 4.69) is 33.2 Å². The predicted octanol–water partition coefficient (Wildman–Crippen LogP) is 4.51. The molecule has 0 aliphatic carbocycles. The van der Waals surface area contributed by atoms with Gasteiger partial charge >= 0.3 is 0 Å². The number of hydrogen-bond donors (Lipinski definition) is 1. The number of benzene rings is 1. The Balaban J connectivity index is 2.03.